The molecular formula is C22H33N3O2. The van der Waals surface area contributed by atoms with Crippen molar-refractivity contribution >= 4 is 11.7 Å². The quantitative estimate of drug-likeness (QED) is 0.870. The van der Waals surface area contributed by atoms with Gasteiger partial charge >= 0.3 is 6.03 Å². The lowest BCUT2D eigenvalue weighted by molar-refractivity contribution is -0.0267. The summed E-state index contributed by atoms with van der Waals surface area (Å²) >= 11 is 0. The highest BCUT2D eigenvalue weighted by molar-refractivity contribution is 5.89. The van der Waals surface area contributed by atoms with Crippen molar-refractivity contribution in [2.24, 2.45) is 5.92 Å². The van der Waals surface area contributed by atoms with Crippen molar-refractivity contribution in [3.8, 4) is 0 Å². The van der Waals surface area contributed by atoms with E-state index in [9.17, 15) is 4.79 Å². The maximum Gasteiger partial charge on any atom is 0.321 e. The first-order valence-corrected chi connectivity index (χ1v) is 10.6. The molecule has 1 aromatic rings. The van der Waals surface area contributed by atoms with Crippen molar-refractivity contribution < 1.29 is 9.53 Å². The van der Waals surface area contributed by atoms with Gasteiger partial charge in [-0.25, -0.2) is 4.79 Å². The molecule has 27 heavy (non-hydrogen) atoms. The van der Waals surface area contributed by atoms with Crippen LogP contribution >= 0.6 is 0 Å². The van der Waals surface area contributed by atoms with Crippen LogP contribution in [0.5, 0.6) is 0 Å². The fraction of sp³-hybridized carbons (Fsp3) is 0.682. The van der Waals surface area contributed by atoms with Gasteiger partial charge in [0.05, 0.1) is 13.2 Å². The van der Waals surface area contributed by atoms with Gasteiger partial charge in [-0.05, 0) is 62.8 Å². The molecule has 1 unspecified atom stereocenters. The molecule has 5 nitrogen and oxygen atoms in total. The van der Waals surface area contributed by atoms with E-state index in [-0.39, 0.29) is 6.03 Å². The Kier molecular flexibility index (Phi) is 5.69. The summed E-state index contributed by atoms with van der Waals surface area (Å²) in [5.41, 5.74) is 2.59. The van der Waals surface area contributed by atoms with Gasteiger partial charge in [-0.3, -0.25) is 4.90 Å². The van der Waals surface area contributed by atoms with E-state index in [1.165, 1.54) is 50.6 Å². The van der Waals surface area contributed by atoms with Crippen LogP contribution in [0.25, 0.3) is 0 Å². The number of anilines is 1. The Balaban J connectivity index is 1.36. The lowest BCUT2D eigenvalue weighted by Gasteiger charge is -2.53. The Bertz CT molecular complexity index is 639. The van der Waals surface area contributed by atoms with Crippen LogP contribution in [0.2, 0.25) is 0 Å². The molecule has 5 heteroatoms. The summed E-state index contributed by atoms with van der Waals surface area (Å²) in [6.07, 6.45) is 8.25. The zero-order chi connectivity index (χ0) is 18.7. The van der Waals surface area contributed by atoms with Crippen LogP contribution in [0.3, 0.4) is 0 Å². The molecule has 2 saturated heterocycles. The molecule has 0 aromatic heterocycles. The van der Waals surface area contributed by atoms with Crippen molar-refractivity contribution in [2.45, 2.75) is 57.5 Å². The third-order valence-corrected chi connectivity index (χ3v) is 6.94. The second-order valence-corrected chi connectivity index (χ2v) is 8.59. The number of morpholine rings is 1. The molecule has 3 fully saturated rings. The Morgan fingerprint density at radius 1 is 1.11 bits per heavy atom. The summed E-state index contributed by atoms with van der Waals surface area (Å²) in [4.78, 5) is 16.9. The molecule has 2 amide bonds. The fourth-order valence-corrected chi connectivity index (χ4v) is 5.19. The highest BCUT2D eigenvalue weighted by Crippen LogP contribution is 2.44. The zero-order valence-corrected chi connectivity index (χ0v) is 16.6. The van der Waals surface area contributed by atoms with Crippen molar-refractivity contribution in [2.75, 3.05) is 38.2 Å². The summed E-state index contributed by atoms with van der Waals surface area (Å²) in [7, 11) is 0. The Hall–Kier alpha value is -1.59. The molecule has 1 N–H and O–H groups in total. The maximum absolute atomic E-state index is 12.3. The van der Waals surface area contributed by atoms with E-state index in [2.05, 4.69) is 29.3 Å². The van der Waals surface area contributed by atoms with E-state index >= 15 is 0 Å². The molecule has 0 radical (unpaired) electrons. The molecule has 2 heterocycles. The number of urea groups is 1. The largest absolute Gasteiger partial charge is 0.378 e. The van der Waals surface area contributed by atoms with Crippen LogP contribution in [0.1, 0.15) is 51.0 Å². The number of benzene rings is 1. The molecule has 2 atom stereocenters. The first-order valence-electron chi connectivity index (χ1n) is 10.6. The molecule has 0 bridgehead atoms. The molecule has 148 valence electrons. The fourth-order valence-electron chi connectivity index (χ4n) is 5.19. The van der Waals surface area contributed by atoms with Gasteiger partial charge in [-0.1, -0.05) is 25.0 Å². The highest BCUT2D eigenvalue weighted by atomic mass is 16.5. The Morgan fingerprint density at radius 3 is 2.63 bits per heavy atom. The van der Waals surface area contributed by atoms with Gasteiger partial charge in [0.2, 0.25) is 0 Å². The van der Waals surface area contributed by atoms with Crippen molar-refractivity contribution in [3.05, 3.63) is 29.8 Å². The standard InChI is InChI=1S/C22H33N3O2/c1-22-11-3-2-5-19(22)6-4-12-25(22)17-18-7-9-20(10-8-18)23-21(26)24-13-15-27-16-14-24/h7-10,19H,2-6,11-17H2,1H3,(H,23,26)/t19-,22?/m1/s1. The van der Waals surface area contributed by atoms with E-state index in [0.29, 0.717) is 31.8 Å². The zero-order valence-electron chi connectivity index (χ0n) is 16.6. The molecular weight excluding hydrogens is 338 g/mol. The number of piperidine rings is 1. The average molecular weight is 372 g/mol. The second-order valence-electron chi connectivity index (χ2n) is 8.59. The van der Waals surface area contributed by atoms with Crippen molar-refractivity contribution in [1.29, 1.82) is 0 Å². The lowest BCUT2D eigenvalue weighted by Crippen LogP contribution is -2.56. The first kappa shape index (κ1) is 18.8. The summed E-state index contributed by atoms with van der Waals surface area (Å²) in [5.74, 6) is 0.868. The number of amides is 2. The minimum atomic E-state index is -0.0281. The summed E-state index contributed by atoms with van der Waals surface area (Å²) in [6.45, 7) is 7.31. The van der Waals surface area contributed by atoms with E-state index in [1.807, 2.05) is 17.0 Å². The van der Waals surface area contributed by atoms with Crippen LogP contribution in [0, 0.1) is 5.92 Å². The molecule has 4 rings (SSSR count). The van der Waals surface area contributed by atoms with Gasteiger partial charge in [0.25, 0.3) is 0 Å². The summed E-state index contributed by atoms with van der Waals surface area (Å²) in [5, 5.41) is 3.01. The first-order chi connectivity index (χ1) is 13.1. The minimum absolute atomic E-state index is 0.0281. The van der Waals surface area contributed by atoms with Gasteiger partial charge in [-0.15, -0.1) is 0 Å². The van der Waals surface area contributed by atoms with Crippen LogP contribution in [-0.4, -0.2) is 54.2 Å². The van der Waals surface area contributed by atoms with Crippen molar-refractivity contribution in [1.82, 2.24) is 9.80 Å². The maximum atomic E-state index is 12.3. The number of fused-ring (bicyclic) bond motifs is 1. The normalized spacial score (nSPS) is 29.2. The van der Waals surface area contributed by atoms with E-state index < -0.39 is 0 Å². The number of nitrogens with zero attached hydrogens (tertiary/aromatic N) is 2. The van der Waals surface area contributed by atoms with Crippen molar-refractivity contribution in [3.63, 3.8) is 0 Å². The van der Waals surface area contributed by atoms with E-state index in [0.717, 1.165) is 18.2 Å². The number of hydrogen-bond acceptors (Lipinski definition) is 3. The van der Waals surface area contributed by atoms with E-state index in [1.54, 1.807) is 0 Å². The third kappa shape index (κ3) is 4.14. The van der Waals surface area contributed by atoms with Gasteiger partial charge in [0.15, 0.2) is 0 Å². The van der Waals surface area contributed by atoms with Gasteiger partial charge in [0.1, 0.15) is 0 Å². The Labute approximate surface area is 163 Å². The van der Waals surface area contributed by atoms with Gasteiger partial charge < -0.3 is 15.0 Å². The smallest absolute Gasteiger partial charge is 0.321 e. The Morgan fingerprint density at radius 2 is 1.85 bits per heavy atom. The third-order valence-electron chi connectivity index (χ3n) is 6.94. The van der Waals surface area contributed by atoms with Gasteiger partial charge in [0, 0.05) is 30.9 Å². The lowest BCUT2D eigenvalue weighted by atomic mass is 9.68. The molecule has 1 saturated carbocycles. The molecule has 1 aliphatic carbocycles. The predicted molar refractivity (Wildman–Crippen MR) is 108 cm³/mol. The average Bonchev–Trinajstić information content (AvgIpc) is 2.70. The molecule has 2 aliphatic heterocycles. The monoisotopic (exact) mass is 371 g/mol. The minimum Gasteiger partial charge on any atom is -0.378 e. The van der Waals surface area contributed by atoms with Crippen LogP contribution in [0.15, 0.2) is 24.3 Å². The topological polar surface area (TPSA) is 44.8 Å². The van der Waals surface area contributed by atoms with Crippen LogP contribution in [-0.2, 0) is 11.3 Å². The number of nitrogens with one attached hydrogen (secondary N) is 1. The van der Waals surface area contributed by atoms with Gasteiger partial charge in [-0.2, -0.15) is 0 Å². The summed E-state index contributed by atoms with van der Waals surface area (Å²) in [6, 6.07) is 8.39. The number of ether oxygens (including phenoxy) is 1. The second kappa shape index (κ2) is 8.19. The molecule has 0 spiro atoms. The number of hydrogen-bond donors (Lipinski definition) is 1. The summed E-state index contributed by atoms with van der Waals surface area (Å²) < 4.78 is 5.31. The number of rotatable bonds is 3. The SMILES string of the molecule is CC12CCCC[C@@H]1CCCN2Cc1ccc(NC(=O)N2CCOCC2)cc1. The molecule has 1 aromatic carbocycles. The number of carbonyl (C=O) groups excluding carboxylic acids is 1. The van der Waals surface area contributed by atoms with Crippen LogP contribution < -0.4 is 5.32 Å². The van der Waals surface area contributed by atoms with Crippen LogP contribution in [0.4, 0.5) is 10.5 Å². The predicted octanol–water partition coefficient (Wildman–Crippen LogP) is 4.10. The highest BCUT2D eigenvalue weighted by Gasteiger charge is 2.43. The molecule has 3 aliphatic rings. The number of likely N-dealkylation sites (tertiary alicyclic amines) is 1. The van der Waals surface area contributed by atoms with E-state index in [4.69, 9.17) is 4.74 Å². The number of carbonyl (C=O) groups is 1.